The molecule has 1 fully saturated rings. The van der Waals surface area contributed by atoms with E-state index in [9.17, 15) is 9.90 Å². The molecule has 1 aromatic carbocycles. The normalized spacial score (nSPS) is 24.4. The number of ether oxygens (including phenoxy) is 1. The van der Waals surface area contributed by atoms with Crippen molar-refractivity contribution in [3.05, 3.63) is 29.3 Å². The number of hydrogen-bond donors (Lipinski definition) is 1. The first-order valence-electron chi connectivity index (χ1n) is 7.32. The number of fused-ring (bicyclic) bond motifs is 1. The summed E-state index contributed by atoms with van der Waals surface area (Å²) < 4.78 is 5.46. The highest BCUT2D eigenvalue weighted by Crippen LogP contribution is 2.33. The van der Waals surface area contributed by atoms with E-state index in [1.807, 2.05) is 19.2 Å². The first-order chi connectivity index (χ1) is 9.66. The maximum atomic E-state index is 11.7. The van der Waals surface area contributed by atoms with Crippen LogP contribution in [0.25, 0.3) is 0 Å². The van der Waals surface area contributed by atoms with Crippen molar-refractivity contribution in [1.29, 1.82) is 0 Å². The van der Waals surface area contributed by atoms with Gasteiger partial charge in [-0.15, -0.1) is 0 Å². The van der Waals surface area contributed by atoms with Crippen molar-refractivity contribution in [3.8, 4) is 0 Å². The molecule has 4 nitrogen and oxygen atoms in total. The third-order valence-electron chi connectivity index (χ3n) is 4.43. The largest absolute Gasteiger partial charge is 0.388 e. The average molecular weight is 275 g/mol. The number of benzene rings is 1. The summed E-state index contributed by atoms with van der Waals surface area (Å²) in [5.41, 5.74) is 3.07. The lowest BCUT2D eigenvalue weighted by atomic mass is 9.89. The standard InChI is InChI=1S/C16H21NO3/c1-17-14-6-4-12(9-11(14)5-7-15(17)18)16(19)13-3-2-8-20-10-13/h4,6,9,13,16,19H,2-3,5,7-8,10H2,1H3. The number of anilines is 1. The number of rotatable bonds is 2. The summed E-state index contributed by atoms with van der Waals surface area (Å²) in [6.45, 7) is 1.44. The molecule has 108 valence electrons. The molecule has 2 aliphatic heterocycles. The smallest absolute Gasteiger partial charge is 0.227 e. The van der Waals surface area contributed by atoms with Gasteiger partial charge in [-0.1, -0.05) is 12.1 Å². The minimum atomic E-state index is -0.469. The van der Waals surface area contributed by atoms with Crippen LogP contribution >= 0.6 is 0 Å². The van der Waals surface area contributed by atoms with E-state index in [0.717, 1.165) is 42.7 Å². The molecular weight excluding hydrogens is 254 g/mol. The third kappa shape index (κ3) is 2.45. The summed E-state index contributed by atoms with van der Waals surface area (Å²) in [5, 5.41) is 10.5. The molecule has 1 saturated heterocycles. The molecule has 1 aromatic rings. The molecular formula is C16H21NO3. The molecule has 3 rings (SSSR count). The number of amides is 1. The van der Waals surface area contributed by atoms with Crippen LogP contribution in [0.4, 0.5) is 5.69 Å². The summed E-state index contributed by atoms with van der Waals surface area (Å²) in [5.74, 6) is 0.344. The van der Waals surface area contributed by atoms with Crippen LogP contribution in [0.5, 0.6) is 0 Å². The second-order valence-electron chi connectivity index (χ2n) is 5.76. The zero-order chi connectivity index (χ0) is 14.1. The van der Waals surface area contributed by atoms with Gasteiger partial charge in [-0.05, 0) is 36.5 Å². The van der Waals surface area contributed by atoms with Gasteiger partial charge < -0.3 is 14.7 Å². The van der Waals surface area contributed by atoms with Crippen molar-refractivity contribution in [2.24, 2.45) is 5.92 Å². The number of nitrogens with zero attached hydrogens (tertiary/aromatic N) is 1. The van der Waals surface area contributed by atoms with Crippen LogP contribution in [0.3, 0.4) is 0 Å². The van der Waals surface area contributed by atoms with E-state index in [-0.39, 0.29) is 11.8 Å². The van der Waals surface area contributed by atoms with Gasteiger partial charge in [0.15, 0.2) is 0 Å². The second kappa shape index (κ2) is 5.54. The maximum absolute atomic E-state index is 11.7. The van der Waals surface area contributed by atoms with E-state index in [2.05, 4.69) is 6.07 Å². The Balaban J connectivity index is 1.83. The van der Waals surface area contributed by atoms with Gasteiger partial charge >= 0.3 is 0 Å². The molecule has 2 atom stereocenters. The van der Waals surface area contributed by atoms with Gasteiger partial charge in [-0.25, -0.2) is 0 Å². The quantitative estimate of drug-likeness (QED) is 0.898. The van der Waals surface area contributed by atoms with Gasteiger partial charge in [0.1, 0.15) is 0 Å². The summed E-state index contributed by atoms with van der Waals surface area (Å²) in [6.07, 6.45) is 2.87. The average Bonchev–Trinajstić information content (AvgIpc) is 2.51. The van der Waals surface area contributed by atoms with Gasteiger partial charge in [0.25, 0.3) is 0 Å². The molecule has 0 radical (unpaired) electrons. The molecule has 0 aromatic heterocycles. The van der Waals surface area contributed by atoms with E-state index >= 15 is 0 Å². The van der Waals surface area contributed by atoms with E-state index in [1.54, 1.807) is 4.90 Å². The van der Waals surface area contributed by atoms with Crippen LogP contribution in [0.2, 0.25) is 0 Å². The summed E-state index contributed by atoms with van der Waals surface area (Å²) in [4.78, 5) is 13.4. The number of carbonyl (C=O) groups is 1. The maximum Gasteiger partial charge on any atom is 0.227 e. The first kappa shape index (κ1) is 13.6. The number of aliphatic hydroxyl groups is 1. The predicted molar refractivity (Wildman–Crippen MR) is 76.7 cm³/mol. The lowest BCUT2D eigenvalue weighted by molar-refractivity contribution is -0.118. The Morgan fingerprint density at radius 3 is 3.00 bits per heavy atom. The highest BCUT2D eigenvalue weighted by molar-refractivity contribution is 5.95. The number of carbonyl (C=O) groups excluding carboxylic acids is 1. The van der Waals surface area contributed by atoms with Crippen molar-refractivity contribution in [2.75, 3.05) is 25.2 Å². The van der Waals surface area contributed by atoms with Crippen LogP contribution in [-0.2, 0) is 16.0 Å². The first-order valence-corrected chi connectivity index (χ1v) is 7.32. The topological polar surface area (TPSA) is 49.8 Å². The monoisotopic (exact) mass is 275 g/mol. The van der Waals surface area contributed by atoms with Gasteiger partial charge in [0, 0.05) is 31.7 Å². The molecule has 0 bridgehead atoms. The van der Waals surface area contributed by atoms with Crippen LogP contribution in [-0.4, -0.2) is 31.3 Å². The lowest BCUT2D eigenvalue weighted by Gasteiger charge is -2.29. The fourth-order valence-electron chi connectivity index (χ4n) is 3.15. The molecule has 0 aliphatic carbocycles. The van der Waals surface area contributed by atoms with Crippen molar-refractivity contribution < 1.29 is 14.6 Å². The Morgan fingerprint density at radius 2 is 2.25 bits per heavy atom. The zero-order valence-corrected chi connectivity index (χ0v) is 11.8. The summed E-state index contributed by atoms with van der Waals surface area (Å²) in [7, 11) is 1.81. The number of hydrogen-bond acceptors (Lipinski definition) is 3. The Morgan fingerprint density at radius 1 is 1.40 bits per heavy atom. The van der Waals surface area contributed by atoms with E-state index in [0.29, 0.717) is 13.0 Å². The molecule has 2 aliphatic rings. The minimum Gasteiger partial charge on any atom is -0.388 e. The van der Waals surface area contributed by atoms with E-state index in [4.69, 9.17) is 4.74 Å². The number of aryl methyl sites for hydroxylation is 1. The zero-order valence-electron chi connectivity index (χ0n) is 11.8. The van der Waals surface area contributed by atoms with Gasteiger partial charge in [0.2, 0.25) is 5.91 Å². The Kier molecular flexibility index (Phi) is 3.76. The van der Waals surface area contributed by atoms with Gasteiger partial charge in [0.05, 0.1) is 12.7 Å². The van der Waals surface area contributed by atoms with Crippen LogP contribution in [0, 0.1) is 5.92 Å². The molecule has 20 heavy (non-hydrogen) atoms. The Bertz CT molecular complexity index is 508. The number of aliphatic hydroxyl groups excluding tert-OH is 1. The van der Waals surface area contributed by atoms with Crippen LogP contribution in [0.15, 0.2) is 18.2 Å². The molecule has 2 unspecified atom stereocenters. The highest BCUT2D eigenvalue weighted by atomic mass is 16.5. The van der Waals surface area contributed by atoms with Crippen LogP contribution in [0.1, 0.15) is 36.5 Å². The van der Waals surface area contributed by atoms with Crippen molar-refractivity contribution >= 4 is 11.6 Å². The van der Waals surface area contributed by atoms with Gasteiger partial charge in [-0.2, -0.15) is 0 Å². The molecule has 4 heteroatoms. The SMILES string of the molecule is CN1C(=O)CCc2cc(C(O)C3CCCOC3)ccc21. The summed E-state index contributed by atoms with van der Waals surface area (Å²) >= 11 is 0. The van der Waals surface area contributed by atoms with Crippen molar-refractivity contribution in [1.82, 2.24) is 0 Å². The molecule has 1 amide bonds. The fourth-order valence-corrected chi connectivity index (χ4v) is 3.15. The lowest BCUT2D eigenvalue weighted by Crippen LogP contribution is -2.31. The fraction of sp³-hybridized carbons (Fsp3) is 0.562. The molecule has 0 spiro atoms. The molecule has 0 saturated carbocycles. The van der Waals surface area contributed by atoms with E-state index < -0.39 is 6.10 Å². The second-order valence-corrected chi connectivity index (χ2v) is 5.76. The van der Waals surface area contributed by atoms with Gasteiger partial charge in [-0.3, -0.25) is 4.79 Å². The highest BCUT2D eigenvalue weighted by Gasteiger charge is 2.26. The Hall–Kier alpha value is -1.39. The van der Waals surface area contributed by atoms with Crippen molar-refractivity contribution in [2.45, 2.75) is 31.8 Å². The minimum absolute atomic E-state index is 0.159. The summed E-state index contributed by atoms with van der Waals surface area (Å²) in [6, 6.07) is 5.94. The third-order valence-corrected chi connectivity index (χ3v) is 4.43. The van der Waals surface area contributed by atoms with E-state index in [1.165, 1.54) is 0 Å². The van der Waals surface area contributed by atoms with Crippen LogP contribution < -0.4 is 4.90 Å². The molecule has 1 N–H and O–H groups in total. The molecule has 2 heterocycles. The predicted octanol–water partition coefficient (Wildman–Crippen LogP) is 2.06. The Labute approximate surface area is 119 Å². The van der Waals surface area contributed by atoms with Crippen molar-refractivity contribution in [3.63, 3.8) is 0 Å².